The van der Waals surface area contributed by atoms with E-state index in [0.717, 1.165) is 12.1 Å². The van der Waals surface area contributed by atoms with E-state index in [1.54, 1.807) is 4.90 Å². The molecule has 0 spiro atoms. The van der Waals surface area contributed by atoms with Crippen molar-refractivity contribution < 1.29 is 27.9 Å². The van der Waals surface area contributed by atoms with Gasteiger partial charge in [-0.1, -0.05) is 12.1 Å². The number of alkyl halides is 3. The van der Waals surface area contributed by atoms with Gasteiger partial charge in [0.1, 0.15) is 0 Å². The molecule has 0 unspecified atom stereocenters. The Morgan fingerprint density at radius 2 is 1.63 bits per heavy atom. The molecule has 1 amide bonds. The van der Waals surface area contributed by atoms with Gasteiger partial charge in [-0.2, -0.15) is 13.2 Å². The van der Waals surface area contributed by atoms with Crippen molar-refractivity contribution in [3.05, 3.63) is 59.2 Å². The molecule has 2 aromatic rings. The minimum atomic E-state index is -4.57. The molecular formula is C19H19F3N2O3. The van der Waals surface area contributed by atoms with Crippen molar-refractivity contribution in [3.8, 4) is 0 Å². The first-order valence-electron chi connectivity index (χ1n) is 8.28. The number of benzene rings is 2. The number of amides is 1. The van der Waals surface area contributed by atoms with E-state index in [4.69, 9.17) is 0 Å². The highest BCUT2D eigenvalue weighted by molar-refractivity contribution is 6.11. The highest BCUT2D eigenvalue weighted by Gasteiger charge is 2.31. The van der Waals surface area contributed by atoms with Gasteiger partial charge in [0, 0.05) is 13.1 Å². The maximum absolute atomic E-state index is 13.1. The lowest BCUT2D eigenvalue weighted by molar-refractivity contribution is -0.137. The van der Waals surface area contributed by atoms with Crippen molar-refractivity contribution in [2.45, 2.75) is 20.0 Å². The van der Waals surface area contributed by atoms with Crippen LogP contribution in [0.5, 0.6) is 0 Å². The molecule has 5 nitrogen and oxygen atoms in total. The summed E-state index contributed by atoms with van der Waals surface area (Å²) in [6, 6.07) is 8.63. The summed E-state index contributed by atoms with van der Waals surface area (Å²) in [6.07, 6.45) is -4.57. The number of nitrogens with one attached hydrogen (secondary N) is 1. The van der Waals surface area contributed by atoms with Crippen molar-refractivity contribution in [1.82, 2.24) is 0 Å². The summed E-state index contributed by atoms with van der Waals surface area (Å²) in [6.45, 7) is 4.73. The first-order chi connectivity index (χ1) is 12.7. The van der Waals surface area contributed by atoms with Crippen LogP contribution in [0.2, 0.25) is 0 Å². The highest BCUT2D eigenvalue weighted by Crippen LogP contribution is 2.35. The van der Waals surface area contributed by atoms with Gasteiger partial charge in [0.25, 0.3) is 5.91 Å². The van der Waals surface area contributed by atoms with Crippen LogP contribution in [0.15, 0.2) is 42.5 Å². The third-order valence-corrected chi connectivity index (χ3v) is 4.08. The van der Waals surface area contributed by atoms with E-state index in [1.807, 2.05) is 13.8 Å². The fourth-order valence-electron chi connectivity index (χ4n) is 2.71. The molecular weight excluding hydrogens is 361 g/mol. The van der Waals surface area contributed by atoms with Gasteiger partial charge < -0.3 is 15.3 Å². The van der Waals surface area contributed by atoms with Crippen molar-refractivity contribution in [1.29, 1.82) is 0 Å². The molecule has 8 heteroatoms. The van der Waals surface area contributed by atoms with Crippen LogP contribution in [0, 0.1) is 0 Å². The first-order valence-corrected chi connectivity index (χ1v) is 8.28. The van der Waals surface area contributed by atoms with E-state index in [2.05, 4.69) is 5.32 Å². The standard InChI is InChI=1S/C19H19F3N2O3/c1-3-24(4-2)16-10-9-12(19(20,21)22)11-15(16)23-17(25)13-7-5-6-8-14(13)18(26)27/h5-11H,3-4H2,1-2H3,(H,23,25)(H,26,27). The monoisotopic (exact) mass is 380 g/mol. The number of hydrogen-bond acceptors (Lipinski definition) is 3. The van der Waals surface area contributed by atoms with E-state index < -0.39 is 23.6 Å². The van der Waals surface area contributed by atoms with Gasteiger partial charge in [-0.3, -0.25) is 4.79 Å². The lowest BCUT2D eigenvalue weighted by atomic mass is 10.1. The van der Waals surface area contributed by atoms with Crippen LogP contribution in [-0.2, 0) is 6.18 Å². The molecule has 0 aliphatic carbocycles. The predicted molar refractivity (Wildman–Crippen MR) is 96.4 cm³/mol. The van der Waals surface area contributed by atoms with E-state index in [-0.39, 0.29) is 16.8 Å². The Labute approximate surface area is 154 Å². The van der Waals surface area contributed by atoms with Gasteiger partial charge in [0.2, 0.25) is 0 Å². The Kier molecular flexibility index (Phi) is 6.09. The van der Waals surface area contributed by atoms with Crippen molar-refractivity contribution >= 4 is 23.3 Å². The summed E-state index contributed by atoms with van der Waals surface area (Å²) in [5.41, 5.74) is -0.868. The normalized spacial score (nSPS) is 11.1. The van der Waals surface area contributed by atoms with E-state index in [9.17, 15) is 27.9 Å². The minimum absolute atomic E-state index is 0.0290. The Bertz CT molecular complexity index is 846. The third kappa shape index (κ3) is 4.58. The Hall–Kier alpha value is -3.03. The van der Waals surface area contributed by atoms with E-state index >= 15 is 0 Å². The molecule has 144 valence electrons. The minimum Gasteiger partial charge on any atom is -0.478 e. The molecule has 0 bridgehead atoms. The second-order valence-electron chi connectivity index (χ2n) is 5.71. The van der Waals surface area contributed by atoms with E-state index in [0.29, 0.717) is 18.8 Å². The summed E-state index contributed by atoms with van der Waals surface area (Å²) < 4.78 is 39.3. The zero-order valence-electron chi connectivity index (χ0n) is 14.8. The highest BCUT2D eigenvalue weighted by atomic mass is 19.4. The number of carbonyl (C=O) groups excluding carboxylic acids is 1. The SMILES string of the molecule is CCN(CC)c1ccc(C(F)(F)F)cc1NC(=O)c1ccccc1C(=O)O. The smallest absolute Gasteiger partial charge is 0.416 e. The fourth-order valence-corrected chi connectivity index (χ4v) is 2.71. The van der Waals surface area contributed by atoms with Crippen LogP contribution >= 0.6 is 0 Å². The largest absolute Gasteiger partial charge is 0.478 e. The van der Waals surface area contributed by atoms with Crippen molar-refractivity contribution in [2.75, 3.05) is 23.3 Å². The average molecular weight is 380 g/mol. The molecule has 27 heavy (non-hydrogen) atoms. The molecule has 0 fully saturated rings. The van der Waals surface area contributed by atoms with E-state index in [1.165, 1.54) is 30.3 Å². The molecule has 0 aliphatic heterocycles. The first kappa shape index (κ1) is 20.3. The Balaban J connectivity index is 2.49. The summed E-state index contributed by atoms with van der Waals surface area (Å²) in [4.78, 5) is 25.7. The maximum Gasteiger partial charge on any atom is 0.416 e. The van der Waals surface area contributed by atoms with Crippen LogP contribution in [0.1, 0.15) is 40.1 Å². The number of hydrogen-bond donors (Lipinski definition) is 2. The maximum atomic E-state index is 13.1. The quantitative estimate of drug-likeness (QED) is 0.774. The molecule has 0 heterocycles. The fraction of sp³-hybridized carbons (Fsp3) is 0.263. The zero-order valence-corrected chi connectivity index (χ0v) is 14.8. The molecule has 2 aromatic carbocycles. The van der Waals surface area contributed by atoms with Crippen LogP contribution < -0.4 is 10.2 Å². The Morgan fingerprint density at radius 1 is 1.04 bits per heavy atom. The topological polar surface area (TPSA) is 69.6 Å². The molecule has 0 atom stereocenters. The van der Waals surface area contributed by atoms with Crippen molar-refractivity contribution in [3.63, 3.8) is 0 Å². The van der Waals surface area contributed by atoms with Gasteiger partial charge in [-0.25, -0.2) is 4.79 Å². The number of aromatic carboxylic acids is 1. The number of rotatable bonds is 6. The Morgan fingerprint density at radius 3 is 2.15 bits per heavy atom. The second-order valence-corrected chi connectivity index (χ2v) is 5.71. The van der Waals surface area contributed by atoms with Crippen LogP contribution in [0.4, 0.5) is 24.5 Å². The van der Waals surface area contributed by atoms with Gasteiger partial charge in [-0.15, -0.1) is 0 Å². The third-order valence-electron chi connectivity index (χ3n) is 4.08. The summed E-state index contributed by atoms with van der Waals surface area (Å²) in [5.74, 6) is -2.09. The summed E-state index contributed by atoms with van der Waals surface area (Å²) in [7, 11) is 0. The molecule has 2 N–H and O–H groups in total. The van der Waals surface area contributed by atoms with Gasteiger partial charge >= 0.3 is 12.1 Å². The molecule has 0 saturated heterocycles. The van der Waals surface area contributed by atoms with Gasteiger partial charge in [-0.05, 0) is 44.2 Å². The zero-order chi connectivity index (χ0) is 20.2. The summed E-state index contributed by atoms with van der Waals surface area (Å²) >= 11 is 0. The van der Waals surface area contributed by atoms with Crippen molar-refractivity contribution in [2.24, 2.45) is 0 Å². The van der Waals surface area contributed by atoms with Gasteiger partial charge in [0.05, 0.1) is 28.1 Å². The number of carboxylic acid groups (broad SMARTS) is 1. The van der Waals surface area contributed by atoms with Gasteiger partial charge in [0.15, 0.2) is 0 Å². The molecule has 0 aromatic heterocycles. The average Bonchev–Trinajstić information content (AvgIpc) is 2.62. The molecule has 0 radical (unpaired) electrons. The number of carboxylic acids is 1. The predicted octanol–water partition coefficient (Wildman–Crippen LogP) is 4.50. The second kappa shape index (κ2) is 8.11. The lowest BCUT2D eigenvalue weighted by Gasteiger charge is -2.25. The summed E-state index contributed by atoms with van der Waals surface area (Å²) in [5, 5.41) is 11.7. The molecule has 0 saturated carbocycles. The molecule has 2 rings (SSSR count). The van der Waals surface area contributed by atoms with Crippen LogP contribution in [-0.4, -0.2) is 30.1 Å². The number of nitrogens with zero attached hydrogens (tertiary/aromatic N) is 1. The van der Waals surface area contributed by atoms with Crippen LogP contribution in [0.3, 0.4) is 0 Å². The van der Waals surface area contributed by atoms with Crippen LogP contribution in [0.25, 0.3) is 0 Å². The number of carbonyl (C=O) groups is 2. The molecule has 0 aliphatic rings. The number of halogens is 3. The number of anilines is 2. The lowest BCUT2D eigenvalue weighted by Crippen LogP contribution is -2.25.